The van der Waals surface area contributed by atoms with E-state index in [1.165, 1.54) is 5.56 Å². The molecule has 1 heterocycles. The number of benzene rings is 1. The fourth-order valence-electron chi connectivity index (χ4n) is 4.18. The zero-order valence-electron chi connectivity index (χ0n) is 16.0. The van der Waals surface area contributed by atoms with E-state index in [2.05, 4.69) is 28.9 Å². The molecule has 0 radical (unpaired) electrons. The average Bonchev–Trinajstić information content (AvgIpc) is 2.82. The van der Waals surface area contributed by atoms with Crippen LogP contribution < -0.4 is 5.73 Å². The number of rotatable bonds is 3. The molecule has 0 aromatic heterocycles. The molecule has 2 N–H and O–H groups in total. The molecule has 1 amide bonds. The maximum absolute atomic E-state index is 13.0. The van der Waals surface area contributed by atoms with Crippen molar-refractivity contribution >= 4 is 42.3 Å². The van der Waals surface area contributed by atoms with Crippen molar-refractivity contribution in [2.24, 2.45) is 11.7 Å². The van der Waals surface area contributed by atoms with Crippen molar-refractivity contribution in [2.75, 3.05) is 26.2 Å². The number of amides is 1. The minimum atomic E-state index is -0.343. The Bertz CT molecular complexity index is 595. The molecule has 2 aliphatic rings. The summed E-state index contributed by atoms with van der Waals surface area (Å²) in [6, 6.07) is 8.04. The average molecular weight is 437 g/mol. The summed E-state index contributed by atoms with van der Waals surface area (Å²) >= 11 is 5.96. The van der Waals surface area contributed by atoms with Crippen molar-refractivity contribution in [3.05, 3.63) is 34.9 Å². The molecule has 3 rings (SSSR count). The SMILES string of the molecule is CC1(N)CCCCC1C(=O)N1CCCN(Cc2ccc(Cl)cc2)CC1.Cl.Cl. The fourth-order valence-corrected chi connectivity index (χ4v) is 4.31. The first-order chi connectivity index (χ1) is 12.0. The van der Waals surface area contributed by atoms with Crippen LogP contribution in [-0.4, -0.2) is 47.4 Å². The minimum absolute atomic E-state index is 0. The highest BCUT2D eigenvalue weighted by Gasteiger charge is 2.39. The Morgan fingerprint density at radius 1 is 1.11 bits per heavy atom. The monoisotopic (exact) mass is 435 g/mol. The molecule has 154 valence electrons. The first kappa shape index (κ1) is 24.5. The molecule has 1 saturated heterocycles. The van der Waals surface area contributed by atoms with Gasteiger partial charge in [-0.15, -0.1) is 24.8 Å². The second-order valence-corrected chi connectivity index (χ2v) is 8.32. The molecular weight excluding hydrogens is 405 g/mol. The molecule has 1 aromatic carbocycles. The lowest BCUT2D eigenvalue weighted by molar-refractivity contribution is -0.138. The largest absolute Gasteiger partial charge is 0.341 e. The molecule has 2 unspecified atom stereocenters. The standard InChI is InChI=1S/C20H30ClN3O.2ClH/c1-20(22)10-3-2-5-18(20)19(25)24-12-4-11-23(13-14-24)15-16-6-8-17(21)9-7-16;;/h6-9,18H,2-5,10-15,22H2,1H3;2*1H. The van der Waals surface area contributed by atoms with Gasteiger partial charge in [0, 0.05) is 43.3 Å². The van der Waals surface area contributed by atoms with Gasteiger partial charge in [0.05, 0.1) is 5.92 Å². The molecule has 0 spiro atoms. The zero-order chi connectivity index (χ0) is 17.9. The van der Waals surface area contributed by atoms with Crippen LogP contribution in [0.1, 0.15) is 44.6 Å². The van der Waals surface area contributed by atoms with Crippen LogP contribution in [0, 0.1) is 5.92 Å². The maximum Gasteiger partial charge on any atom is 0.227 e. The van der Waals surface area contributed by atoms with E-state index in [-0.39, 0.29) is 42.2 Å². The van der Waals surface area contributed by atoms with E-state index in [0.29, 0.717) is 0 Å². The van der Waals surface area contributed by atoms with Crippen molar-refractivity contribution in [1.82, 2.24) is 9.80 Å². The summed E-state index contributed by atoms with van der Waals surface area (Å²) in [4.78, 5) is 17.5. The Balaban J connectivity index is 0.00000182. The van der Waals surface area contributed by atoms with Gasteiger partial charge in [-0.05, 0) is 43.9 Å². The van der Waals surface area contributed by atoms with Crippen LogP contribution in [0.4, 0.5) is 0 Å². The van der Waals surface area contributed by atoms with Crippen LogP contribution in [0.25, 0.3) is 0 Å². The lowest BCUT2D eigenvalue weighted by atomic mass is 9.74. The van der Waals surface area contributed by atoms with Gasteiger partial charge >= 0.3 is 0 Å². The number of halogens is 3. The normalized spacial score (nSPS) is 26.5. The van der Waals surface area contributed by atoms with Gasteiger partial charge in [-0.25, -0.2) is 0 Å². The molecule has 1 aliphatic carbocycles. The summed E-state index contributed by atoms with van der Waals surface area (Å²) in [6.45, 7) is 6.57. The Morgan fingerprint density at radius 3 is 2.48 bits per heavy atom. The highest BCUT2D eigenvalue weighted by molar-refractivity contribution is 6.30. The molecule has 7 heteroatoms. The van der Waals surface area contributed by atoms with Gasteiger partial charge in [0.15, 0.2) is 0 Å². The number of carbonyl (C=O) groups is 1. The van der Waals surface area contributed by atoms with E-state index >= 15 is 0 Å². The smallest absolute Gasteiger partial charge is 0.227 e. The molecule has 2 fully saturated rings. The van der Waals surface area contributed by atoms with Crippen molar-refractivity contribution in [2.45, 2.75) is 51.1 Å². The third-order valence-electron chi connectivity index (χ3n) is 5.77. The predicted octanol–water partition coefficient (Wildman–Crippen LogP) is 4.13. The van der Waals surface area contributed by atoms with E-state index in [4.69, 9.17) is 17.3 Å². The first-order valence-corrected chi connectivity index (χ1v) is 9.88. The lowest BCUT2D eigenvalue weighted by Crippen LogP contribution is -2.54. The van der Waals surface area contributed by atoms with Crippen LogP contribution >= 0.6 is 36.4 Å². The Hall–Kier alpha value is -0.520. The minimum Gasteiger partial charge on any atom is -0.341 e. The van der Waals surface area contributed by atoms with Crippen LogP contribution in [0.2, 0.25) is 5.02 Å². The van der Waals surface area contributed by atoms with E-state index in [0.717, 1.165) is 69.9 Å². The third kappa shape index (κ3) is 6.50. The summed E-state index contributed by atoms with van der Waals surface area (Å²) < 4.78 is 0. The van der Waals surface area contributed by atoms with Crippen LogP contribution in [-0.2, 0) is 11.3 Å². The number of nitrogens with two attached hydrogens (primary N) is 1. The Morgan fingerprint density at radius 2 is 1.81 bits per heavy atom. The zero-order valence-corrected chi connectivity index (χ0v) is 18.4. The molecule has 1 saturated carbocycles. The molecular formula is C20H32Cl3N3O. The van der Waals surface area contributed by atoms with E-state index in [9.17, 15) is 4.79 Å². The second-order valence-electron chi connectivity index (χ2n) is 7.89. The Labute approximate surface area is 180 Å². The molecule has 0 bridgehead atoms. The molecule has 4 nitrogen and oxygen atoms in total. The van der Waals surface area contributed by atoms with Crippen LogP contribution in [0.5, 0.6) is 0 Å². The van der Waals surface area contributed by atoms with Gasteiger partial charge in [-0.2, -0.15) is 0 Å². The van der Waals surface area contributed by atoms with Gasteiger partial charge < -0.3 is 10.6 Å². The highest BCUT2D eigenvalue weighted by atomic mass is 35.5. The fraction of sp³-hybridized carbons (Fsp3) is 0.650. The number of nitrogens with zero attached hydrogens (tertiary/aromatic N) is 2. The van der Waals surface area contributed by atoms with Crippen molar-refractivity contribution < 1.29 is 4.79 Å². The van der Waals surface area contributed by atoms with E-state index in [1.54, 1.807) is 0 Å². The van der Waals surface area contributed by atoms with Gasteiger partial charge in [0.25, 0.3) is 0 Å². The lowest BCUT2D eigenvalue weighted by Gasteiger charge is -2.39. The van der Waals surface area contributed by atoms with Crippen molar-refractivity contribution in [3.63, 3.8) is 0 Å². The summed E-state index contributed by atoms with van der Waals surface area (Å²) in [5, 5.41) is 0.772. The Kier molecular flexibility index (Phi) is 9.87. The van der Waals surface area contributed by atoms with Crippen LogP contribution in [0.15, 0.2) is 24.3 Å². The van der Waals surface area contributed by atoms with Crippen molar-refractivity contribution in [3.8, 4) is 0 Å². The number of carbonyl (C=O) groups excluding carboxylic acids is 1. The van der Waals surface area contributed by atoms with Gasteiger partial charge in [0.1, 0.15) is 0 Å². The van der Waals surface area contributed by atoms with Gasteiger partial charge in [-0.1, -0.05) is 36.6 Å². The third-order valence-corrected chi connectivity index (χ3v) is 6.02. The molecule has 2 atom stereocenters. The quantitative estimate of drug-likeness (QED) is 0.775. The highest BCUT2D eigenvalue weighted by Crippen LogP contribution is 2.33. The summed E-state index contributed by atoms with van der Waals surface area (Å²) in [6.07, 6.45) is 5.19. The molecule has 1 aromatic rings. The van der Waals surface area contributed by atoms with E-state index < -0.39 is 0 Å². The summed E-state index contributed by atoms with van der Waals surface area (Å²) in [5.74, 6) is 0.266. The second kappa shape index (κ2) is 10.9. The van der Waals surface area contributed by atoms with E-state index in [1.807, 2.05) is 12.1 Å². The molecule has 27 heavy (non-hydrogen) atoms. The van der Waals surface area contributed by atoms with Gasteiger partial charge in [-0.3, -0.25) is 9.69 Å². The topological polar surface area (TPSA) is 49.6 Å². The first-order valence-electron chi connectivity index (χ1n) is 9.50. The number of hydrogen-bond donors (Lipinski definition) is 1. The predicted molar refractivity (Wildman–Crippen MR) is 117 cm³/mol. The number of hydrogen-bond acceptors (Lipinski definition) is 3. The van der Waals surface area contributed by atoms with Crippen molar-refractivity contribution in [1.29, 1.82) is 0 Å². The van der Waals surface area contributed by atoms with Gasteiger partial charge in [0.2, 0.25) is 5.91 Å². The van der Waals surface area contributed by atoms with Crippen LogP contribution in [0.3, 0.4) is 0 Å². The molecule has 1 aliphatic heterocycles. The summed E-state index contributed by atoms with van der Waals surface area (Å²) in [5.41, 5.74) is 7.37. The summed E-state index contributed by atoms with van der Waals surface area (Å²) in [7, 11) is 0. The maximum atomic E-state index is 13.0.